The van der Waals surface area contributed by atoms with Crippen molar-refractivity contribution in [2.24, 2.45) is 7.05 Å². The first-order chi connectivity index (χ1) is 6.34. The molecule has 0 saturated heterocycles. The van der Waals surface area contributed by atoms with Crippen LogP contribution in [0.4, 0.5) is 13.2 Å². The van der Waals surface area contributed by atoms with E-state index in [0.29, 0.717) is 0 Å². The van der Waals surface area contributed by atoms with Crippen LogP contribution in [0.3, 0.4) is 0 Å². The maximum atomic E-state index is 10.6. The number of aryl methyl sites for hydroxylation is 1. The summed E-state index contributed by atoms with van der Waals surface area (Å²) in [4.78, 5) is 8.90. The first-order valence-corrected chi connectivity index (χ1v) is 3.54. The van der Waals surface area contributed by atoms with Gasteiger partial charge in [0.15, 0.2) is 12.4 Å². The molecule has 0 unspecified atom stereocenters. The van der Waals surface area contributed by atoms with Crippen LogP contribution in [0.2, 0.25) is 0 Å². The molecule has 1 heterocycles. The van der Waals surface area contributed by atoms with E-state index >= 15 is 0 Å². The summed E-state index contributed by atoms with van der Waals surface area (Å²) in [7, 11) is 2.00. The normalized spacial score (nSPS) is 10.0. The summed E-state index contributed by atoms with van der Waals surface area (Å²) in [6.07, 6.45) is -1.08. The van der Waals surface area contributed by atoms with Gasteiger partial charge in [-0.2, -0.15) is 13.2 Å². The smallest absolute Gasteiger partial charge is 0.475 e. The van der Waals surface area contributed by atoms with Crippen LogP contribution in [0.1, 0.15) is 0 Å². The van der Waals surface area contributed by atoms with Gasteiger partial charge in [0.2, 0.25) is 0 Å². The molecule has 78 valence electrons. The summed E-state index contributed by atoms with van der Waals surface area (Å²) < 4.78 is 33.7. The Kier molecular flexibility index (Phi) is 4.62. The largest absolute Gasteiger partial charge is 0.490 e. The molecule has 1 N–H and O–H groups in total. The standard InChI is InChI=1S/C6H8N.C2HF3O2/c1-7-5-3-2-4-6-7;3-2(4,5)1(6)7/h2-6H,1H3;(H,6,7)/q+1;. The monoisotopic (exact) mass is 208 g/mol. The third-order valence-corrected chi connectivity index (χ3v) is 1.11. The fraction of sp³-hybridized carbons (Fsp3) is 0.250. The van der Waals surface area contributed by atoms with Crippen LogP contribution in [0.25, 0.3) is 0 Å². The number of hydrogen-bond donors (Lipinski definition) is 1. The molecule has 0 aliphatic rings. The zero-order chi connectivity index (χ0) is 11.2. The molecule has 0 fully saturated rings. The summed E-state index contributed by atoms with van der Waals surface area (Å²) in [5.41, 5.74) is 0. The predicted molar refractivity (Wildman–Crippen MR) is 41.3 cm³/mol. The lowest BCUT2D eigenvalue weighted by Crippen LogP contribution is -2.25. The molecule has 14 heavy (non-hydrogen) atoms. The molecule has 0 aliphatic heterocycles. The highest BCUT2D eigenvalue weighted by Crippen LogP contribution is 2.13. The highest BCUT2D eigenvalue weighted by molar-refractivity contribution is 5.73. The Bertz CT molecular complexity index is 284. The van der Waals surface area contributed by atoms with Crippen molar-refractivity contribution in [2.45, 2.75) is 6.18 Å². The number of hydrogen-bond acceptors (Lipinski definition) is 1. The number of halogens is 3. The second kappa shape index (κ2) is 5.21. The minimum absolute atomic E-state index is 2.00. The van der Waals surface area contributed by atoms with Gasteiger partial charge in [-0.25, -0.2) is 9.36 Å². The van der Waals surface area contributed by atoms with E-state index in [-0.39, 0.29) is 0 Å². The minimum Gasteiger partial charge on any atom is -0.475 e. The van der Waals surface area contributed by atoms with Gasteiger partial charge in [-0.05, 0) is 0 Å². The molecular formula is C8H9F3NO2+. The number of rotatable bonds is 0. The first kappa shape index (κ1) is 12.4. The molecule has 0 atom stereocenters. The van der Waals surface area contributed by atoms with Gasteiger partial charge in [0.05, 0.1) is 0 Å². The van der Waals surface area contributed by atoms with E-state index in [9.17, 15) is 13.2 Å². The molecule has 0 aliphatic carbocycles. The summed E-state index contributed by atoms with van der Waals surface area (Å²) in [6, 6.07) is 6.00. The highest BCUT2D eigenvalue weighted by Gasteiger charge is 2.38. The van der Waals surface area contributed by atoms with Crippen LogP contribution in [0.5, 0.6) is 0 Å². The summed E-state index contributed by atoms with van der Waals surface area (Å²) in [5.74, 6) is -2.76. The van der Waals surface area contributed by atoms with Crippen LogP contribution < -0.4 is 4.57 Å². The van der Waals surface area contributed by atoms with E-state index in [1.54, 1.807) is 0 Å². The van der Waals surface area contributed by atoms with E-state index in [2.05, 4.69) is 0 Å². The van der Waals surface area contributed by atoms with Crippen LogP contribution >= 0.6 is 0 Å². The molecule has 0 spiro atoms. The topological polar surface area (TPSA) is 41.2 Å². The Morgan fingerprint density at radius 3 is 1.71 bits per heavy atom. The molecule has 1 rings (SSSR count). The van der Waals surface area contributed by atoms with E-state index in [0.717, 1.165) is 0 Å². The fourth-order valence-corrected chi connectivity index (χ4v) is 0.485. The molecule has 1 aromatic heterocycles. The number of alkyl halides is 3. The molecule has 0 saturated carbocycles. The zero-order valence-corrected chi connectivity index (χ0v) is 7.32. The van der Waals surface area contributed by atoms with E-state index < -0.39 is 12.1 Å². The van der Waals surface area contributed by atoms with Crippen molar-refractivity contribution in [2.75, 3.05) is 0 Å². The number of carboxylic acids is 1. The summed E-state index contributed by atoms with van der Waals surface area (Å²) in [5, 5.41) is 7.12. The van der Waals surface area contributed by atoms with E-state index in [1.807, 2.05) is 42.2 Å². The number of aromatic nitrogens is 1. The van der Waals surface area contributed by atoms with Crippen molar-refractivity contribution in [3.63, 3.8) is 0 Å². The van der Waals surface area contributed by atoms with Gasteiger partial charge in [-0.3, -0.25) is 0 Å². The quantitative estimate of drug-likeness (QED) is 0.649. The predicted octanol–water partition coefficient (Wildman–Crippen LogP) is 1.14. The molecule has 0 aromatic carbocycles. The van der Waals surface area contributed by atoms with Crippen LogP contribution in [0.15, 0.2) is 30.6 Å². The highest BCUT2D eigenvalue weighted by atomic mass is 19.4. The molecule has 6 heteroatoms. The third kappa shape index (κ3) is 5.99. The second-order valence-electron chi connectivity index (χ2n) is 2.34. The fourth-order valence-electron chi connectivity index (χ4n) is 0.485. The Labute approximate surface area is 78.4 Å². The molecule has 1 aromatic rings. The molecule has 0 radical (unpaired) electrons. The Balaban J connectivity index is 0.000000241. The lowest BCUT2D eigenvalue weighted by molar-refractivity contribution is -0.671. The molecule has 0 bridgehead atoms. The number of carboxylic acid groups (broad SMARTS) is 1. The van der Waals surface area contributed by atoms with Gasteiger partial charge >= 0.3 is 12.1 Å². The van der Waals surface area contributed by atoms with Gasteiger partial charge in [-0.1, -0.05) is 6.07 Å². The van der Waals surface area contributed by atoms with Gasteiger partial charge < -0.3 is 5.11 Å². The maximum absolute atomic E-state index is 10.6. The Hall–Kier alpha value is -1.59. The SMILES string of the molecule is C[n+]1ccccc1.O=C(O)C(F)(F)F. The minimum atomic E-state index is -5.08. The maximum Gasteiger partial charge on any atom is 0.490 e. The van der Waals surface area contributed by atoms with Gasteiger partial charge in [-0.15, -0.1) is 0 Å². The van der Waals surface area contributed by atoms with Gasteiger partial charge in [0.25, 0.3) is 0 Å². The molecular weight excluding hydrogens is 199 g/mol. The summed E-state index contributed by atoms with van der Waals surface area (Å²) in [6.45, 7) is 0. The van der Waals surface area contributed by atoms with Crippen molar-refractivity contribution in [3.05, 3.63) is 30.6 Å². The van der Waals surface area contributed by atoms with Crippen molar-refractivity contribution in [1.29, 1.82) is 0 Å². The molecule has 0 amide bonds. The lowest BCUT2D eigenvalue weighted by atomic mass is 10.5. The Morgan fingerprint density at radius 2 is 1.57 bits per heavy atom. The van der Waals surface area contributed by atoms with Gasteiger partial charge in [0, 0.05) is 12.1 Å². The average molecular weight is 208 g/mol. The van der Waals surface area contributed by atoms with Crippen molar-refractivity contribution < 1.29 is 27.6 Å². The number of nitrogens with zero attached hydrogens (tertiary/aromatic N) is 1. The zero-order valence-electron chi connectivity index (χ0n) is 7.32. The average Bonchev–Trinajstić information content (AvgIpc) is 2.04. The van der Waals surface area contributed by atoms with Crippen LogP contribution in [-0.4, -0.2) is 17.3 Å². The van der Waals surface area contributed by atoms with E-state index in [1.165, 1.54) is 0 Å². The van der Waals surface area contributed by atoms with Crippen molar-refractivity contribution in [3.8, 4) is 0 Å². The number of pyridine rings is 1. The summed E-state index contributed by atoms with van der Waals surface area (Å²) >= 11 is 0. The van der Waals surface area contributed by atoms with Crippen LogP contribution in [0, 0.1) is 0 Å². The number of aliphatic carboxylic acids is 1. The van der Waals surface area contributed by atoms with E-state index in [4.69, 9.17) is 9.90 Å². The third-order valence-electron chi connectivity index (χ3n) is 1.11. The van der Waals surface area contributed by atoms with Crippen molar-refractivity contribution >= 4 is 5.97 Å². The number of carbonyl (C=O) groups is 1. The van der Waals surface area contributed by atoms with Crippen LogP contribution in [-0.2, 0) is 11.8 Å². The van der Waals surface area contributed by atoms with Crippen molar-refractivity contribution in [1.82, 2.24) is 0 Å². The first-order valence-electron chi connectivity index (χ1n) is 3.54. The lowest BCUT2D eigenvalue weighted by Gasteiger charge is -1.93. The van der Waals surface area contributed by atoms with Gasteiger partial charge in [0.1, 0.15) is 7.05 Å². The Morgan fingerprint density at radius 1 is 1.21 bits per heavy atom. The second-order valence-corrected chi connectivity index (χ2v) is 2.34. The molecule has 3 nitrogen and oxygen atoms in total.